The molecule has 2 aromatic rings. The number of hydrogen-bond acceptors (Lipinski definition) is 11. The maximum Gasteiger partial charge on any atom is 0.330 e. The minimum absolute atomic E-state index is 0.00275. The fraction of sp³-hybridized carbons (Fsp3) is 0.360. The van der Waals surface area contributed by atoms with E-state index >= 15 is 0 Å². The van der Waals surface area contributed by atoms with E-state index in [1.54, 1.807) is 6.07 Å². The predicted octanol–water partition coefficient (Wildman–Crippen LogP) is 0.768. The Morgan fingerprint density at radius 1 is 0.944 bits per heavy atom. The molecule has 3 rings (SSSR count). The highest BCUT2D eigenvalue weighted by atomic mass is 16.7. The summed E-state index contributed by atoms with van der Waals surface area (Å²) in [5, 5.41) is 59.8. The summed E-state index contributed by atoms with van der Waals surface area (Å²) in [5.41, 5.74) is 1.10. The molecule has 1 saturated heterocycles. The third-order valence-electron chi connectivity index (χ3n) is 5.50. The molecule has 0 saturated carbocycles. The lowest BCUT2D eigenvalue weighted by Crippen LogP contribution is -2.60. The number of aromatic hydroxyl groups is 3. The van der Waals surface area contributed by atoms with E-state index in [4.69, 9.17) is 14.2 Å². The van der Waals surface area contributed by atoms with Crippen LogP contribution >= 0.6 is 0 Å². The minimum atomic E-state index is -1.69. The first-order valence-corrected chi connectivity index (χ1v) is 11.1. The van der Waals surface area contributed by atoms with Gasteiger partial charge in [-0.15, -0.1) is 0 Å². The van der Waals surface area contributed by atoms with Gasteiger partial charge in [-0.2, -0.15) is 0 Å². The second-order valence-corrected chi connectivity index (χ2v) is 8.35. The van der Waals surface area contributed by atoms with Gasteiger partial charge in [0, 0.05) is 12.5 Å². The molecule has 0 unspecified atom stereocenters. The largest absolute Gasteiger partial charge is 0.504 e. The van der Waals surface area contributed by atoms with Gasteiger partial charge in [-0.05, 0) is 54.8 Å². The first kappa shape index (κ1) is 27.0. The van der Waals surface area contributed by atoms with E-state index in [0.29, 0.717) is 24.0 Å². The molecule has 0 aliphatic carbocycles. The number of ether oxygens (including phenoxy) is 3. The van der Waals surface area contributed by atoms with Crippen molar-refractivity contribution in [3.63, 3.8) is 0 Å². The summed E-state index contributed by atoms with van der Waals surface area (Å²) in [6.45, 7) is 0.967. The molecule has 36 heavy (non-hydrogen) atoms. The number of hydrogen-bond donors (Lipinski definition) is 6. The Labute approximate surface area is 206 Å². The Balaban J connectivity index is 1.60. The van der Waals surface area contributed by atoms with Crippen molar-refractivity contribution in [1.82, 2.24) is 0 Å². The van der Waals surface area contributed by atoms with Gasteiger partial charge in [0.1, 0.15) is 36.8 Å². The predicted molar refractivity (Wildman–Crippen MR) is 124 cm³/mol. The number of benzene rings is 2. The highest BCUT2D eigenvalue weighted by Crippen LogP contribution is 2.31. The van der Waals surface area contributed by atoms with Gasteiger partial charge >= 0.3 is 5.97 Å². The Morgan fingerprint density at radius 2 is 1.69 bits per heavy atom. The number of aryl methyl sites for hydroxylation is 1. The van der Waals surface area contributed by atoms with E-state index in [1.165, 1.54) is 43.3 Å². The molecular formula is C25H28O11. The van der Waals surface area contributed by atoms with Crippen molar-refractivity contribution in [2.75, 3.05) is 6.61 Å². The van der Waals surface area contributed by atoms with Crippen LogP contribution in [0.15, 0.2) is 42.5 Å². The van der Waals surface area contributed by atoms with Crippen LogP contribution in [-0.4, -0.2) is 79.7 Å². The molecular weight excluding hydrogens is 476 g/mol. The standard InChI is InChI=1S/C25H28O11/c1-13(26)2-3-14-5-8-19(18(29)11-14)35-25-24(33)23(32)22(31)20(36-25)12-34-21(30)9-6-15-4-7-16(27)17(28)10-15/h4-11,20,22-25,27-29,31-33H,2-3,12H2,1H3/b9-6-/t20-,22-,23+,24-,25-/m1/s1. The van der Waals surface area contributed by atoms with E-state index < -0.39 is 43.3 Å². The number of phenols is 3. The van der Waals surface area contributed by atoms with Crippen LogP contribution in [0, 0.1) is 0 Å². The molecule has 0 bridgehead atoms. The Kier molecular flexibility index (Phi) is 8.88. The monoisotopic (exact) mass is 504 g/mol. The molecule has 1 heterocycles. The van der Waals surface area contributed by atoms with E-state index in [9.17, 15) is 40.2 Å². The topological polar surface area (TPSA) is 183 Å². The van der Waals surface area contributed by atoms with Gasteiger partial charge in [-0.1, -0.05) is 12.1 Å². The lowest BCUT2D eigenvalue weighted by atomic mass is 9.99. The zero-order chi connectivity index (χ0) is 26.4. The van der Waals surface area contributed by atoms with E-state index in [2.05, 4.69) is 0 Å². The van der Waals surface area contributed by atoms with Crippen molar-refractivity contribution >= 4 is 17.8 Å². The number of rotatable bonds is 9. The molecule has 194 valence electrons. The highest BCUT2D eigenvalue weighted by molar-refractivity contribution is 5.87. The lowest BCUT2D eigenvalue weighted by molar-refractivity contribution is -0.278. The Morgan fingerprint density at radius 3 is 2.36 bits per heavy atom. The SMILES string of the molecule is CC(=O)CCc1ccc(O[C@@H]2O[C@H](COC(=O)/C=C\c3ccc(O)c(O)c3)[C@@H](O)[C@H](O)[C@H]2O)c(O)c1. The summed E-state index contributed by atoms with van der Waals surface area (Å²) in [7, 11) is 0. The maximum absolute atomic E-state index is 12.1. The summed E-state index contributed by atoms with van der Waals surface area (Å²) in [6, 6.07) is 8.38. The minimum Gasteiger partial charge on any atom is -0.504 e. The second-order valence-electron chi connectivity index (χ2n) is 8.35. The van der Waals surface area contributed by atoms with Crippen molar-refractivity contribution in [3.05, 3.63) is 53.6 Å². The number of aliphatic hydroxyl groups excluding tert-OH is 3. The third-order valence-corrected chi connectivity index (χ3v) is 5.50. The summed E-state index contributed by atoms with van der Waals surface area (Å²) in [4.78, 5) is 23.2. The molecule has 1 aliphatic rings. The van der Waals surface area contributed by atoms with Crippen LogP contribution in [0.5, 0.6) is 23.0 Å². The van der Waals surface area contributed by atoms with Crippen LogP contribution in [0.1, 0.15) is 24.5 Å². The first-order chi connectivity index (χ1) is 17.0. The number of carbonyl (C=O) groups is 2. The normalized spacial score (nSPS) is 23.9. The van der Waals surface area contributed by atoms with Crippen molar-refractivity contribution in [2.24, 2.45) is 0 Å². The average Bonchev–Trinajstić information content (AvgIpc) is 2.84. The highest BCUT2D eigenvalue weighted by Gasteiger charge is 2.45. The number of Topliss-reactive ketones (excluding diaryl/α,β-unsaturated/α-hetero) is 1. The second kappa shape index (κ2) is 11.9. The van der Waals surface area contributed by atoms with Gasteiger partial charge in [0.2, 0.25) is 6.29 Å². The van der Waals surface area contributed by atoms with Gasteiger partial charge in [0.25, 0.3) is 0 Å². The molecule has 0 spiro atoms. The number of carbonyl (C=O) groups excluding carboxylic acids is 2. The number of aliphatic hydroxyl groups is 3. The van der Waals surface area contributed by atoms with Gasteiger partial charge < -0.3 is 49.6 Å². The molecule has 5 atom stereocenters. The maximum atomic E-state index is 12.1. The number of ketones is 1. The van der Waals surface area contributed by atoms with Crippen LogP contribution in [0.4, 0.5) is 0 Å². The van der Waals surface area contributed by atoms with E-state index in [1.807, 2.05) is 0 Å². The van der Waals surface area contributed by atoms with Gasteiger partial charge in [0.05, 0.1) is 0 Å². The zero-order valence-electron chi connectivity index (χ0n) is 19.4. The average molecular weight is 504 g/mol. The molecule has 1 aliphatic heterocycles. The number of esters is 1. The molecule has 0 aromatic heterocycles. The fourth-order valence-electron chi connectivity index (χ4n) is 3.44. The van der Waals surface area contributed by atoms with Crippen molar-refractivity contribution < 1.29 is 54.4 Å². The molecule has 0 radical (unpaired) electrons. The van der Waals surface area contributed by atoms with E-state index in [0.717, 1.165) is 6.08 Å². The quantitative estimate of drug-likeness (QED) is 0.161. The third kappa shape index (κ3) is 6.95. The summed E-state index contributed by atoms with van der Waals surface area (Å²) < 4.78 is 16.0. The van der Waals surface area contributed by atoms with Gasteiger partial charge in [0.15, 0.2) is 23.0 Å². The van der Waals surface area contributed by atoms with Crippen LogP contribution in [-0.2, 0) is 25.5 Å². The Hall–Kier alpha value is -3.64. The summed E-state index contributed by atoms with van der Waals surface area (Å²) in [5.74, 6) is -1.84. The van der Waals surface area contributed by atoms with Gasteiger partial charge in [-0.3, -0.25) is 0 Å². The van der Waals surface area contributed by atoms with Crippen LogP contribution < -0.4 is 4.74 Å². The first-order valence-electron chi connectivity index (χ1n) is 11.1. The van der Waals surface area contributed by atoms with Crippen LogP contribution in [0.3, 0.4) is 0 Å². The van der Waals surface area contributed by atoms with Crippen molar-refractivity contribution in [2.45, 2.75) is 50.5 Å². The van der Waals surface area contributed by atoms with Crippen molar-refractivity contribution in [1.29, 1.82) is 0 Å². The molecule has 1 fully saturated rings. The molecule has 2 aromatic carbocycles. The molecule has 11 nitrogen and oxygen atoms in total. The summed E-state index contributed by atoms with van der Waals surface area (Å²) in [6.07, 6.45) is -4.64. The summed E-state index contributed by atoms with van der Waals surface area (Å²) >= 11 is 0. The molecule has 0 amide bonds. The molecule has 6 N–H and O–H groups in total. The van der Waals surface area contributed by atoms with Gasteiger partial charge in [-0.25, -0.2) is 4.79 Å². The van der Waals surface area contributed by atoms with Crippen molar-refractivity contribution in [3.8, 4) is 23.0 Å². The van der Waals surface area contributed by atoms with E-state index in [-0.39, 0.29) is 28.8 Å². The lowest BCUT2D eigenvalue weighted by Gasteiger charge is -2.39. The fourth-order valence-corrected chi connectivity index (χ4v) is 3.44. The molecule has 11 heteroatoms. The Bertz CT molecular complexity index is 1110. The van der Waals surface area contributed by atoms with Crippen LogP contribution in [0.2, 0.25) is 0 Å². The zero-order valence-corrected chi connectivity index (χ0v) is 19.4. The van der Waals surface area contributed by atoms with Crippen LogP contribution in [0.25, 0.3) is 6.08 Å². The smallest absolute Gasteiger partial charge is 0.330 e. The number of phenolic OH excluding ortho intramolecular Hbond substituents is 3.